The van der Waals surface area contributed by atoms with E-state index >= 15 is 0 Å². The molecule has 0 saturated heterocycles. The minimum Gasteiger partial charge on any atom is -0.744 e. The molecule has 0 spiro atoms. The average molecular weight is 1100 g/mol. The van der Waals surface area contributed by atoms with Crippen LogP contribution in [0, 0.1) is 0 Å². The molecule has 0 atom stereocenters. The number of amides is 1. The number of hydrogen-bond donors (Lipinski definition) is 3. The van der Waals surface area contributed by atoms with Crippen molar-refractivity contribution in [2.24, 2.45) is 30.7 Å². The van der Waals surface area contributed by atoms with Gasteiger partial charge in [0, 0.05) is 6.92 Å². The number of rotatable bonds is 23. The van der Waals surface area contributed by atoms with Crippen molar-refractivity contribution in [1.82, 2.24) is 0 Å². The first kappa shape index (κ1) is 66.9. The zero-order valence-corrected chi connectivity index (χ0v) is 48.6. The third kappa shape index (κ3) is 20.8. The Kier molecular flexibility index (Phi) is 30.3. The van der Waals surface area contributed by atoms with Crippen LogP contribution >= 0.6 is 24.6 Å². The maximum atomic E-state index is 12.7. The third-order valence-corrected chi connectivity index (χ3v) is 13.3. The van der Waals surface area contributed by atoms with Crippen LogP contribution in [0.25, 0.3) is 0 Å². The predicted octanol–water partition coefficient (Wildman–Crippen LogP) is -8.97. The Morgan fingerprint density at radius 2 is 1.01 bits per heavy atom. The van der Waals surface area contributed by atoms with E-state index < -0.39 is 90.0 Å². The summed E-state index contributed by atoms with van der Waals surface area (Å²) < 4.78 is 141. The topological polar surface area (TPSA) is 439 Å². The number of benzene rings is 4. The fraction of sp³-hybridized carbons (Fsp3) is 0.167. The molecule has 0 aliphatic heterocycles. The van der Waals surface area contributed by atoms with Crippen LogP contribution in [0.5, 0.6) is 0 Å². The number of carbonyl (C=O) groups is 1. The van der Waals surface area contributed by atoms with E-state index in [9.17, 15) is 58.1 Å². The van der Waals surface area contributed by atoms with Gasteiger partial charge in [-0.25, -0.2) is 33.7 Å². The minimum atomic E-state index is -5.39. The van der Waals surface area contributed by atoms with Crippen molar-refractivity contribution in [1.29, 1.82) is 0 Å². The molecule has 0 fully saturated rings. The molecule has 0 aliphatic carbocycles. The van der Waals surface area contributed by atoms with E-state index in [0.29, 0.717) is 6.07 Å². The van der Waals surface area contributed by atoms with Crippen LogP contribution in [0.2, 0.25) is 0 Å². The fourth-order valence-corrected chi connectivity index (χ4v) is 8.83. The van der Waals surface area contributed by atoms with Gasteiger partial charge in [-0.2, -0.15) is 5.11 Å². The van der Waals surface area contributed by atoms with Crippen molar-refractivity contribution >= 4 is 122 Å². The molecule has 38 heteroatoms. The van der Waals surface area contributed by atoms with Crippen molar-refractivity contribution in [3.63, 3.8) is 0 Å². The van der Waals surface area contributed by atoms with Gasteiger partial charge in [-0.15, -0.1) is 34.2 Å². The summed E-state index contributed by atoms with van der Waals surface area (Å²) in [6.45, 7) is 0.166. The summed E-state index contributed by atoms with van der Waals surface area (Å²) in [7, 11) is -18.9. The van der Waals surface area contributed by atoms with Crippen LogP contribution < -0.4 is 146 Å². The number of nitrogen functional groups attached to an aromatic ring is 2. The quantitative estimate of drug-likeness (QED) is 0.00907. The Morgan fingerprint density at radius 1 is 0.574 bits per heavy atom. The molecule has 4 rings (SSSR count). The van der Waals surface area contributed by atoms with E-state index in [0.717, 1.165) is 43.3 Å². The number of nitrogens with zero attached hydrogens (tertiary/aromatic N) is 6. The summed E-state index contributed by atoms with van der Waals surface area (Å²) in [5.41, 5.74) is 9.24. The van der Waals surface area contributed by atoms with Gasteiger partial charge in [-0.1, -0.05) is 0 Å². The Balaban J connectivity index is 0.0000112. The number of azo groups is 3. The summed E-state index contributed by atoms with van der Waals surface area (Å²) >= 11 is 0.163. The van der Waals surface area contributed by atoms with Gasteiger partial charge in [-0.3, -0.25) is 23.2 Å². The summed E-state index contributed by atoms with van der Waals surface area (Å²) in [6.07, 6.45) is 0. The van der Waals surface area contributed by atoms with Crippen LogP contribution in [-0.2, 0) is 71.8 Å². The second-order valence-electron chi connectivity index (χ2n) is 11.8. The summed E-state index contributed by atoms with van der Waals surface area (Å²) in [4.78, 5) is 9.21. The molecule has 0 bridgehead atoms. The molecule has 0 aliphatic rings. The molecule has 0 aromatic heterocycles. The van der Waals surface area contributed by atoms with E-state index in [1.807, 2.05) is 0 Å². The van der Waals surface area contributed by atoms with Crippen molar-refractivity contribution in [2.75, 3.05) is 41.5 Å². The molecule has 28 nitrogen and oxygen atoms in total. The average Bonchev–Trinajstić information content (AvgIpc) is 3.21. The smallest absolute Gasteiger partial charge is 0.744 e. The van der Waals surface area contributed by atoms with E-state index in [4.69, 9.17) is 15.7 Å². The molecular formula is C30H27N9Na4O19S6. The second kappa shape index (κ2) is 30.8. The first-order valence-corrected chi connectivity index (χ1v) is 24.0. The molecular weight excluding hydrogens is 1070 g/mol. The molecule has 5 N–H and O–H groups in total. The van der Waals surface area contributed by atoms with E-state index in [1.54, 1.807) is 0 Å². The number of carbonyl (C=O) groups excluding carboxylic acids is 1. The van der Waals surface area contributed by atoms with Gasteiger partial charge in [0.25, 0.3) is 0 Å². The van der Waals surface area contributed by atoms with E-state index in [1.165, 1.54) is 24.3 Å². The van der Waals surface area contributed by atoms with E-state index in [-0.39, 0.29) is 194 Å². The Hall–Kier alpha value is -1.15. The number of anilines is 3. The molecule has 68 heavy (non-hydrogen) atoms. The van der Waals surface area contributed by atoms with Gasteiger partial charge in [0.2, 0.25) is 5.91 Å². The summed E-state index contributed by atoms with van der Waals surface area (Å²) in [5.74, 6) is -1.95. The van der Waals surface area contributed by atoms with Gasteiger partial charge < -0.3 is 36.4 Å². The summed E-state index contributed by atoms with van der Waals surface area (Å²) in [6, 6.07) is 10.9. The van der Waals surface area contributed by atoms with E-state index in [2.05, 4.69) is 58.9 Å². The largest absolute Gasteiger partial charge is 1.00 e. The number of sulfone groups is 2. The normalized spacial score (nSPS) is 12.0. The standard InChI is InChI=1S/C30H31N9O19S6.4Na/c1-17(40)33-26-15-28(30(64(50,51)52)16-27(26)38-34-18-2-4-19(5-3-18)61(43,44)10-8-53-59-57-55-41)39-37-25-14-24(21(31)13-22(25)32)36-35-23-7-6-20(12-29(23)63(47,48)49)62(45,46)11-9-54-60-58-56-42;;;;/h2-7,12-16,41-42H,8-11,31-32H2,1H3,(H,33,40)(H,47,48,49)(H,50,51,52);;;;/q;4*+1/p-4. The van der Waals surface area contributed by atoms with Crippen LogP contribution in [-0.4, -0.2) is 73.4 Å². The van der Waals surface area contributed by atoms with Crippen LogP contribution in [0.4, 0.5) is 51.2 Å². The molecule has 0 unspecified atom stereocenters. The molecule has 4 aromatic carbocycles. The molecule has 1 amide bonds. The first-order valence-electron chi connectivity index (χ1n) is 16.6. The maximum Gasteiger partial charge on any atom is 1.00 e. The van der Waals surface area contributed by atoms with Crippen molar-refractivity contribution in [3.05, 3.63) is 66.7 Å². The molecule has 0 heterocycles. The van der Waals surface area contributed by atoms with Crippen LogP contribution in [0.1, 0.15) is 6.92 Å². The molecule has 346 valence electrons. The zero-order chi connectivity index (χ0) is 47.3. The Labute approximate surface area is 484 Å². The molecule has 0 radical (unpaired) electrons. The number of nitrogens with two attached hydrogens (primary N) is 2. The van der Waals surface area contributed by atoms with Gasteiger partial charge in [0.15, 0.2) is 44.3 Å². The third-order valence-electron chi connectivity index (χ3n) is 7.47. The van der Waals surface area contributed by atoms with Crippen LogP contribution in [0.3, 0.4) is 0 Å². The zero-order valence-electron chi connectivity index (χ0n) is 35.7. The van der Waals surface area contributed by atoms with Gasteiger partial charge in [-0.05, 0) is 66.7 Å². The minimum absolute atomic E-state index is 0. The fourth-order valence-electron chi connectivity index (χ4n) is 4.66. The Morgan fingerprint density at radius 3 is 1.50 bits per heavy atom. The van der Waals surface area contributed by atoms with Crippen molar-refractivity contribution in [2.45, 2.75) is 26.5 Å². The van der Waals surface area contributed by atoms with Crippen molar-refractivity contribution < 1.29 is 203 Å². The SMILES string of the molecule is CC(=O)Nc1cc(N=Nc2cc(N=Nc3ccc(S(=O)(=O)CCOSOO[O-])cc3S(=O)(=O)[O-])c(N)cc2N)c(S(=O)(=O)[O-])cc1N=Nc1ccc(S(=O)(=O)CCOSOO[O-])cc1.[Na+].[Na+].[Na+].[Na+]. The predicted molar refractivity (Wildman–Crippen MR) is 213 cm³/mol. The first-order chi connectivity index (χ1) is 30.1. The summed E-state index contributed by atoms with van der Waals surface area (Å²) in [5, 5.41) is 51.2. The Bertz CT molecular complexity index is 2910. The molecule has 4 aromatic rings. The molecule has 0 saturated carbocycles. The second-order valence-corrected chi connectivity index (χ2v) is 19.7. The van der Waals surface area contributed by atoms with Gasteiger partial charge in [0.1, 0.15) is 48.7 Å². The van der Waals surface area contributed by atoms with Gasteiger partial charge >= 0.3 is 118 Å². The monoisotopic (exact) mass is 1100 g/mol. The van der Waals surface area contributed by atoms with Crippen LogP contribution in [0.15, 0.2) is 117 Å². The van der Waals surface area contributed by atoms with Gasteiger partial charge in [0.05, 0.1) is 67.1 Å². The maximum absolute atomic E-state index is 12.7. The number of hydrogen-bond acceptors (Lipinski definition) is 29. The van der Waals surface area contributed by atoms with Crippen molar-refractivity contribution in [3.8, 4) is 0 Å². The number of nitrogens with one attached hydrogen (secondary N) is 1.